The van der Waals surface area contributed by atoms with E-state index in [1.807, 2.05) is 26.0 Å². The number of aliphatic imine (C=N–C) groups is 1. The molecule has 0 unspecified atom stereocenters. The van der Waals surface area contributed by atoms with Gasteiger partial charge < -0.3 is 15.5 Å². The van der Waals surface area contributed by atoms with Crippen LogP contribution in [0.15, 0.2) is 29.3 Å². The molecule has 2 N–H and O–H groups in total. The predicted octanol–water partition coefficient (Wildman–Crippen LogP) is 4.15. The van der Waals surface area contributed by atoms with Crippen LogP contribution in [-0.4, -0.2) is 49.1 Å². The van der Waals surface area contributed by atoms with Gasteiger partial charge in [0.25, 0.3) is 0 Å². The van der Waals surface area contributed by atoms with Crippen LogP contribution in [0.25, 0.3) is 0 Å². The lowest BCUT2D eigenvalue weighted by Gasteiger charge is -2.35. The molecule has 154 valence electrons. The molecular formula is C21H36FIN4. The molecule has 6 heteroatoms. The molecule has 2 rings (SSSR count). The third-order valence-corrected chi connectivity index (χ3v) is 5.18. The maximum atomic E-state index is 14.1. The first-order valence-electron chi connectivity index (χ1n) is 9.87. The number of halogens is 2. The Kier molecular flexibility index (Phi) is 10.0. The lowest BCUT2D eigenvalue weighted by molar-refractivity contribution is 0.167. The zero-order chi connectivity index (χ0) is 19.2. The minimum absolute atomic E-state index is 0. The number of rotatable bonds is 6. The maximum Gasteiger partial charge on any atom is 0.191 e. The fourth-order valence-corrected chi connectivity index (χ4v) is 3.45. The van der Waals surface area contributed by atoms with Crippen molar-refractivity contribution in [1.29, 1.82) is 0 Å². The minimum Gasteiger partial charge on any atom is -0.357 e. The SMILES string of the molecule is CCNC(=NCC(C)(C)c1ccccc1F)NC1CCN(C(C)C)CC1.I. The van der Waals surface area contributed by atoms with Gasteiger partial charge in [-0.2, -0.15) is 0 Å². The van der Waals surface area contributed by atoms with Crippen molar-refractivity contribution in [3.63, 3.8) is 0 Å². The van der Waals surface area contributed by atoms with E-state index in [1.54, 1.807) is 6.07 Å². The maximum absolute atomic E-state index is 14.1. The first-order valence-corrected chi connectivity index (χ1v) is 9.87. The number of nitrogens with zero attached hydrogens (tertiary/aromatic N) is 2. The van der Waals surface area contributed by atoms with Crippen molar-refractivity contribution in [2.24, 2.45) is 4.99 Å². The van der Waals surface area contributed by atoms with Gasteiger partial charge in [-0.05, 0) is 45.2 Å². The van der Waals surface area contributed by atoms with Crippen LogP contribution in [0.4, 0.5) is 4.39 Å². The summed E-state index contributed by atoms with van der Waals surface area (Å²) in [7, 11) is 0. The Morgan fingerprint density at radius 2 is 1.89 bits per heavy atom. The van der Waals surface area contributed by atoms with Gasteiger partial charge in [-0.1, -0.05) is 32.0 Å². The van der Waals surface area contributed by atoms with E-state index in [-0.39, 0.29) is 35.2 Å². The van der Waals surface area contributed by atoms with Gasteiger partial charge in [0.1, 0.15) is 5.82 Å². The van der Waals surface area contributed by atoms with Crippen molar-refractivity contribution >= 4 is 29.9 Å². The molecule has 0 amide bonds. The highest BCUT2D eigenvalue weighted by Gasteiger charge is 2.25. The number of likely N-dealkylation sites (tertiary alicyclic amines) is 1. The van der Waals surface area contributed by atoms with Gasteiger partial charge in [0.2, 0.25) is 0 Å². The fourth-order valence-electron chi connectivity index (χ4n) is 3.45. The van der Waals surface area contributed by atoms with Crippen molar-refractivity contribution in [3.8, 4) is 0 Å². The molecule has 0 bridgehead atoms. The molecule has 1 aliphatic heterocycles. The van der Waals surface area contributed by atoms with E-state index in [1.165, 1.54) is 6.07 Å². The summed E-state index contributed by atoms with van der Waals surface area (Å²) in [5.41, 5.74) is 0.360. The number of hydrogen-bond acceptors (Lipinski definition) is 2. The summed E-state index contributed by atoms with van der Waals surface area (Å²) in [6.45, 7) is 14.3. The molecule has 0 aromatic heterocycles. The predicted molar refractivity (Wildman–Crippen MR) is 124 cm³/mol. The topological polar surface area (TPSA) is 39.7 Å². The van der Waals surface area contributed by atoms with Crippen LogP contribution in [-0.2, 0) is 5.41 Å². The summed E-state index contributed by atoms with van der Waals surface area (Å²) < 4.78 is 14.1. The van der Waals surface area contributed by atoms with Crippen LogP contribution in [0.1, 0.15) is 53.0 Å². The molecule has 1 aromatic carbocycles. The standard InChI is InChI=1S/C21H35FN4.HI/c1-6-23-20(25-17-11-13-26(14-12-17)16(2)3)24-15-21(4,5)18-9-7-8-10-19(18)22;/h7-10,16-17H,6,11-15H2,1-5H3,(H2,23,24,25);1H. The van der Waals surface area contributed by atoms with E-state index in [9.17, 15) is 4.39 Å². The molecule has 1 heterocycles. The van der Waals surface area contributed by atoms with E-state index in [0.29, 0.717) is 24.2 Å². The fraction of sp³-hybridized carbons (Fsp3) is 0.667. The van der Waals surface area contributed by atoms with Crippen molar-refractivity contribution in [1.82, 2.24) is 15.5 Å². The molecule has 1 fully saturated rings. The number of piperidine rings is 1. The van der Waals surface area contributed by atoms with Gasteiger partial charge in [0, 0.05) is 37.1 Å². The number of guanidine groups is 1. The van der Waals surface area contributed by atoms with E-state index >= 15 is 0 Å². The van der Waals surface area contributed by atoms with Crippen molar-refractivity contribution < 1.29 is 4.39 Å². The quantitative estimate of drug-likeness (QED) is 0.358. The van der Waals surface area contributed by atoms with Gasteiger partial charge in [-0.25, -0.2) is 4.39 Å². The average molecular weight is 490 g/mol. The van der Waals surface area contributed by atoms with E-state index in [0.717, 1.165) is 38.4 Å². The third-order valence-electron chi connectivity index (χ3n) is 5.18. The molecule has 4 nitrogen and oxygen atoms in total. The van der Waals surface area contributed by atoms with Gasteiger partial charge in [-0.3, -0.25) is 4.99 Å². The summed E-state index contributed by atoms with van der Waals surface area (Å²) in [6.07, 6.45) is 2.25. The first kappa shape index (κ1) is 24.1. The Bertz CT molecular complexity index is 596. The first-order chi connectivity index (χ1) is 12.3. The van der Waals surface area contributed by atoms with Gasteiger partial charge >= 0.3 is 0 Å². The highest BCUT2D eigenvalue weighted by Crippen LogP contribution is 2.26. The van der Waals surface area contributed by atoms with Crippen LogP contribution in [0.3, 0.4) is 0 Å². The highest BCUT2D eigenvalue weighted by atomic mass is 127. The highest BCUT2D eigenvalue weighted by molar-refractivity contribution is 14.0. The van der Waals surface area contributed by atoms with Gasteiger partial charge in [0.05, 0.1) is 6.54 Å². The Balaban J connectivity index is 0.00000364. The molecular weight excluding hydrogens is 454 g/mol. The largest absolute Gasteiger partial charge is 0.357 e. The third kappa shape index (κ3) is 7.22. The number of hydrogen-bond donors (Lipinski definition) is 2. The van der Waals surface area contributed by atoms with Gasteiger partial charge in [-0.15, -0.1) is 24.0 Å². The number of benzene rings is 1. The van der Waals surface area contributed by atoms with Crippen molar-refractivity contribution in [2.45, 2.75) is 65.0 Å². The van der Waals surface area contributed by atoms with Crippen LogP contribution in [0.2, 0.25) is 0 Å². The van der Waals surface area contributed by atoms with E-state index in [4.69, 9.17) is 4.99 Å². The summed E-state index contributed by atoms with van der Waals surface area (Å²) in [6, 6.07) is 8.04. The zero-order valence-electron chi connectivity index (χ0n) is 17.4. The Morgan fingerprint density at radius 3 is 2.44 bits per heavy atom. The molecule has 0 atom stereocenters. The summed E-state index contributed by atoms with van der Waals surface area (Å²) in [5, 5.41) is 6.91. The van der Waals surface area contributed by atoms with E-state index < -0.39 is 0 Å². The number of nitrogens with one attached hydrogen (secondary N) is 2. The van der Waals surface area contributed by atoms with E-state index in [2.05, 4.69) is 36.3 Å². The average Bonchev–Trinajstić information content (AvgIpc) is 2.60. The Morgan fingerprint density at radius 1 is 1.26 bits per heavy atom. The second-order valence-corrected chi connectivity index (χ2v) is 8.11. The molecule has 27 heavy (non-hydrogen) atoms. The minimum atomic E-state index is -0.352. The zero-order valence-corrected chi connectivity index (χ0v) is 19.7. The smallest absolute Gasteiger partial charge is 0.191 e. The lowest BCUT2D eigenvalue weighted by Crippen LogP contribution is -2.50. The summed E-state index contributed by atoms with van der Waals surface area (Å²) >= 11 is 0. The molecule has 0 radical (unpaired) electrons. The molecule has 0 aliphatic carbocycles. The summed E-state index contributed by atoms with van der Waals surface area (Å²) in [5.74, 6) is 0.673. The molecule has 1 saturated heterocycles. The van der Waals surface area contributed by atoms with Crippen LogP contribution in [0.5, 0.6) is 0 Å². The Labute approximate surface area is 181 Å². The van der Waals surface area contributed by atoms with Crippen LogP contribution < -0.4 is 10.6 Å². The summed E-state index contributed by atoms with van der Waals surface area (Å²) in [4.78, 5) is 7.28. The van der Waals surface area contributed by atoms with Crippen molar-refractivity contribution in [3.05, 3.63) is 35.6 Å². The molecule has 0 saturated carbocycles. The van der Waals surface area contributed by atoms with Crippen LogP contribution in [0, 0.1) is 5.82 Å². The van der Waals surface area contributed by atoms with Gasteiger partial charge in [0.15, 0.2) is 5.96 Å². The Hall–Kier alpha value is -0.890. The molecule has 1 aromatic rings. The monoisotopic (exact) mass is 490 g/mol. The normalized spacial score (nSPS) is 16.9. The second-order valence-electron chi connectivity index (χ2n) is 8.11. The van der Waals surface area contributed by atoms with Crippen molar-refractivity contribution in [2.75, 3.05) is 26.2 Å². The van der Waals surface area contributed by atoms with Crippen LogP contribution >= 0.6 is 24.0 Å². The molecule has 1 aliphatic rings. The molecule has 0 spiro atoms. The lowest BCUT2D eigenvalue weighted by atomic mass is 9.84. The second kappa shape index (κ2) is 11.2.